The Labute approximate surface area is 100 Å². The van der Waals surface area contributed by atoms with Gasteiger partial charge in [-0.25, -0.2) is 0 Å². The van der Waals surface area contributed by atoms with Gasteiger partial charge >= 0.3 is 0 Å². The summed E-state index contributed by atoms with van der Waals surface area (Å²) in [5, 5.41) is 11.9. The SMILES string of the molecule is CC(C)C(Cl)CNC(=O)c1cccc(O)c1. The summed E-state index contributed by atoms with van der Waals surface area (Å²) in [7, 11) is 0. The van der Waals surface area contributed by atoms with Gasteiger partial charge in [0.2, 0.25) is 0 Å². The minimum Gasteiger partial charge on any atom is -0.508 e. The number of hydrogen-bond acceptors (Lipinski definition) is 2. The van der Waals surface area contributed by atoms with Crippen LogP contribution in [0.5, 0.6) is 5.75 Å². The molecule has 1 rings (SSSR count). The number of carbonyl (C=O) groups excluding carboxylic acids is 1. The molecule has 3 nitrogen and oxygen atoms in total. The maximum Gasteiger partial charge on any atom is 0.251 e. The molecule has 0 radical (unpaired) electrons. The Kier molecular flexibility index (Phi) is 4.62. The summed E-state index contributed by atoms with van der Waals surface area (Å²) < 4.78 is 0. The molecule has 0 aliphatic heterocycles. The Morgan fingerprint density at radius 3 is 2.75 bits per heavy atom. The van der Waals surface area contributed by atoms with Crippen LogP contribution in [-0.4, -0.2) is 22.9 Å². The van der Waals surface area contributed by atoms with Crippen molar-refractivity contribution in [2.45, 2.75) is 19.2 Å². The van der Waals surface area contributed by atoms with Crippen molar-refractivity contribution >= 4 is 17.5 Å². The predicted molar refractivity (Wildman–Crippen MR) is 64.9 cm³/mol. The highest BCUT2D eigenvalue weighted by Gasteiger charge is 2.12. The molecule has 0 heterocycles. The van der Waals surface area contributed by atoms with E-state index in [0.717, 1.165) is 0 Å². The van der Waals surface area contributed by atoms with Crippen LogP contribution in [0.25, 0.3) is 0 Å². The number of phenols is 1. The maximum atomic E-state index is 11.6. The summed E-state index contributed by atoms with van der Waals surface area (Å²) in [5.41, 5.74) is 0.438. The molecule has 0 aliphatic carbocycles. The molecular weight excluding hydrogens is 226 g/mol. The fourth-order valence-corrected chi connectivity index (χ4v) is 1.25. The number of aromatic hydroxyl groups is 1. The van der Waals surface area contributed by atoms with Crippen LogP contribution in [0, 0.1) is 5.92 Å². The van der Waals surface area contributed by atoms with Crippen molar-refractivity contribution in [2.75, 3.05) is 6.54 Å². The molecular formula is C12H16ClNO2. The van der Waals surface area contributed by atoms with Gasteiger partial charge in [-0.1, -0.05) is 19.9 Å². The van der Waals surface area contributed by atoms with Gasteiger partial charge in [-0.3, -0.25) is 4.79 Å². The molecule has 1 atom stereocenters. The lowest BCUT2D eigenvalue weighted by molar-refractivity contribution is 0.0952. The number of hydrogen-bond donors (Lipinski definition) is 2. The lowest BCUT2D eigenvalue weighted by Crippen LogP contribution is -2.31. The molecule has 1 aromatic rings. The number of alkyl halides is 1. The van der Waals surface area contributed by atoms with Crippen LogP contribution < -0.4 is 5.32 Å². The average molecular weight is 242 g/mol. The van der Waals surface area contributed by atoms with Crippen molar-refractivity contribution in [1.82, 2.24) is 5.32 Å². The molecule has 4 heteroatoms. The average Bonchev–Trinajstić information content (AvgIpc) is 2.25. The molecule has 1 aromatic carbocycles. The standard InChI is InChI=1S/C12H16ClNO2/c1-8(2)11(13)7-14-12(16)9-4-3-5-10(15)6-9/h3-6,8,11,15H,7H2,1-2H3,(H,14,16). The summed E-state index contributed by atoms with van der Waals surface area (Å²) in [4.78, 5) is 11.6. The van der Waals surface area contributed by atoms with Crippen LogP contribution in [0.15, 0.2) is 24.3 Å². The van der Waals surface area contributed by atoms with Gasteiger partial charge in [0, 0.05) is 12.1 Å². The maximum absolute atomic E-state index is 11.6. The molecule has 16 heavy (non-hydrogen) atoms. The summed E-state index contributed by atoms with van der Waals surface area (Å²) >= 11 is 6.01. The highest BCUT2D eigenvalue weighted by atomic mass is 35.5. The van der Waals surface area contributed by atoms with E-state index in [1.807, 2.05) is 13.8 Å². The van der Waals surface area contributed by atoms with Crippen LogP contribution in [0.4, 0.5) is 0 Å². The number of halogens is 1. The summed E-state index contributed by atoms with van der Waals surface area (Å²) in [6.45, 7) is 4.42. The van der Waals surface area contributed by atoms with Crippen LogP contribution in [0.1, 0.15) is 24.2 Å². The smallest absolute Gasteiger partial charge is 0.251 e. The lowest BCUT2D eigenvalue weighted by atomic mass is 10.1. The number of benzene rings is 1. The minimum absolute atomic E-state index is 0.0822. The fourth-order valence-electron chi connectivity index (χ4n) is 1.18. The summed E-state index contributed by atoms with van der Waals surface area (Å²) in [6.07, 6.45) is 0. The molecule has 0 fully saturated rings. The predicted octanol–water partition coefficient (Wildman–Crippen LogP) is 2.39. The van der Waals surface area contributed by atoms with E-state index in [0.29, 0.717) is 18.0 Å². The van der Waals surface area contributed by atoms with E-state index in [9.17, 15) is 9.90 Å². The number of rotatable bonds is 4. The van der Waals surface area contributed by atoms with Crippen LogP contribution >= 0.6 is 11.6 Å². The van der Waals surface area contributed by atoms with Crippen LogP contribution in [-0.2, 0) is 0 Å². The van der Waals surface area contributed by atoms with Crippen molar-refractivity contribution in [3.05, 3.63) is 29.8 Å². The van der Waals surface area contributed by atoms with Gasteiger partial charge in [0.05, 0.1) is 5.38 Å². The lowest BCUT2D eigenvalue weighted by Gasteiger charge is -2.14. The van der Waals surface area contributed by atoms with Gasteiger partial charge in [-0.15, -0.1) is 11.6 Å². The molecule has 1 unspecified atom stereocenters. The third kappa shape index (κ3) is 3.74. The second-order valence-corrected chi connectivity index (χ2v) is 4.58. The first kappa shape index (κ1) is 12.8. The normalized spacial score (nSPS) is 12.5. The molecule has 0 aliphatic rings. The Hall–Kier alpha value is -1.22. The number of nitrogens with one attached hydrogen (secondary N) is 1. The van der Waals surface area contributed by atoms with Crippen LogP contribution in [0.2, 0.25) is 0 Å². The highest BCUT2D eigenvalue weighted by molar-refractivity contribution is 6.21. The Balaban J connectivity index is 2.53. The number of phenolic OH excluding ortho intramolecular Hbond substituents is 1. The zero-order valence-corrected chi connectivity index (χ0v) is 10.2. The van der Waals surface area contributed by atoms with Crippen molar-refractivity contribution in [3.63, 3.8) is 0 Å². The first-order chi connectivity index (χ1) is 7.50. The molecule has 0 saturated heterocycles. The van der Waals surface area contributed by atoms with E-state index in [-0.39, 0.29) is 17.0 Å². The zero-order valence-electron chi connectivity index (χ0n) is 9.40. The molecule has 1 amide bonds. The first-order valence-corrected chi connectivity index (χ1v) is 5.65. The Bertz CT molecular complexity index is 366. The molecule has 0 bridgehead atoms. The Morgan fingerprint density at radius 1 is 1.50 bits per heavy atom. The Morgan fingerprint density at radius 2 is 2.19 bits per heavy atom. The van der Waals surface area contributed by atoms with E-state index < -0.39 is 0 Å². The van der Waals surface area contributed by atoms with Crippen molar-refractivity contribution in [2.24, 2.45) is 5.92 Å². The fraction of sp³-hybridized carbons (Fsp3) is 0.417. The highest BCUT2D eigenvalue weighted by Crippen LogP contribution is 2.11. The second-order valence-electron chi connectivity index (χ2n) is 4.02. The third-order valence-corrected chi connectivity index (χ3v) is 2.95. The minimum atomic E-state index is -0.220. The second kappa shape index (κ2) is 5.75. The monoisotopic (exact) mass is 241 g/mol. The summed E-state index contributed by atoms with van der Waals surface area (Å²) in [5.74, 6) is 0.173. The quantitative estimate of drug-likeness (QED) is 0.796. The molecule has 0 saturated carbocycles. The van der Waals surface area contributed by atoms with Crippen molar-refractivity contribution in [1.29, 1.82) is 0 Å². The van der Waals surface area contributed by atoms with E-state index in [1.165, 1.54) is 12.1 Å². The van der Waals surface area contributed by atoms with Crippen molar-refractivity contribution < 1.29 is 9.90 Å². The number of carbonyl (C=O) groups is 1. The van der Waals surface area contributed by atoms with E-state index in [2.05, 4.69) is 5.32 Å². The molecule has 0 spiro atoms. The van der Waals surface area contributed by atoms with E-state index in [4.69, 9.17) is 11.6 Å². The van der Waals surface area contributed by atoms with Gasteiger partial charge in [0.1, 0.15) is 5.75 Å². The van der Waals surface area contributed by atoms with Crippen LogP contribution in [0.3, 0.4) is 0 Å². The first-order valence-electron chi connectivity index (χ1n) is 5.22. The van der Waals surface area contributed by atoms with Gasteiger partial charge < -0.3 is 10.4 Å². The van der Waals surface area contributed by atoms with Gasteiger partial charge in [0.25, 0.3) is 5.91 Å². The van der Waals surface area contributed by atoms with Gasteiger partial charge in [0.15, 0.2) is 0 Å². The van der Waals surface area contributed by atoms with E-state index in [1.54, 1.807) is 12.1 Å². The number of amides is 1. The largest absolute Gasteiger partial charge is 0.508 e. The van der Waals surface area contributed by atoms with Gasteiger partial charge in [-0.2, -0.15) is 0 Å². The third-order valence-electron chi connectivity index (χ3n) is 2.29. The molecule has 0 aromatic heterocycles. The molecule has 2 N–H and O–H groups in total. The molecule has 88 valence electrons. The van der Waals surface area contributed by atoms with E-state index >= 15 is 0 Å². The van der Waals surface area contributed by atoms with Crippen molar-refractivity contribution in [3.8, 4) is 5.75 Å². The zero-order chi connectivity index (χ0) is 12.1. The van der Waals surface area contributed by atoms with Gasteiger partial charge in [-0.05, 0) is 24.1 Å². The topological polar surface area (TPSA) is 49.3 Å². The summed E-state index contributed by atoms with van der Waals surface area (Å²) in [6, 6.07) is 6.22.